The molecular weight excluding hydrogens is 534 g/mol. The third kappa shape index (κ3) is 8.19. The molecule has 4 aromatic rings. The van der Waals surface area contributed by atoms with Crippen molar-refractivity contribution in [2.24, 2.45) is 11.8 Å². The van der Waals surface area contributed by atoms with E-state index in [-0.39, 0.29) is 41.1 Å². The lowest BCUT2D eigenvalue weighted by Gasteiger charge is -2.17. The summed E-state index contributed by atoms with van der Waals surface area (Å²) in [6.07, 6.45) is 0.990. The van der Waals surface area contributed by atoms with Crippen LogP contribution in [0.4, 0.5) is 8.78 Å². The second kappa shape index (κ2) is 14.3. The van der Waals surface area contributed by atoms with Crippen molar-refractivity contribution >= 4 is 17.6 Å². The van der Waals surface area contributed by atoms with Crippen molar-refractivity contribution in [2.45, 2.75) is 26.7 Å². The fraction of sp³-hybridized carbons (Fsp3) is 0.229. The Bertz CT molecular complexity index is 1420. The number of halogens is 2. The number of Topliss-reactive ketones (excluding diaryl/α,β-unsaturated/α-hetero) is 1. The van der Waals surface area contributed by atoms with E-state index in [4.69, 9.17) is 0 Å². The fourth-order valence-electron chi connectivity index (χ4n) is 4.74. The molecule has 0 aliphatic carbocycles. The molecule has 2 atom stereocenters. The Hall–Kier alpha value is -4.65. The first-order valence-corrected chi connectivity index (χ1v) is 14.0. The summed E-state index contributed by atoms with van der Waals surface area (Å²) < 4.78 is 26.5. The second-order valence-electron chi connectivity index (χ2n) is 10.5. The standard InChI is InChI=1S/C35H34F2N2O3/c1-23(17-19-38-34(41)29-7-3-5-27(21-29)25-9-13-31(36)14-10-25)33(40)24(2)18-20-39-35(42)30-8-4-6-28(22-30)26-11-15-32(37)16-12-26/h3-16,21-24H,17-20H2,1-2H3,(H,38,41)(H,39,42). The van der Waals surface area contributed by atoms with Gasteiger partial charge in [-0.3, -0.25) is 14.4 Å². The summed E-state index contributed by atoms with van der Waals surface area (Å²) in [7, 11) is 0. The average molecular weight is 569 g/mol. The fourth-order valence-corrected chi connectivity index (χ4v) is 4.74. The molecule has 7 heteroatoms. The number of amides is 2. The smallest absolute Gasteiger partial charge is 0.251 e. The molecule has 216 valence electrons. The van der Waals surface area contributed by atoms with Crippen molar-refractivity contribution in [3.05, 3.63) is 120 Å². The molecule has 4 aromatic carbocycles. The number of hydrogen-bond acceptors (Lipinski definition) is 3. The van der Waals surface area contributed by atoms with Crippen molar-refractivity contribution in [1.29, 1.82) is 0 Å². The number of ketones is 1. The van der Waals surface area contributed by atoms with Gasteiger partial charge in [0.15, 0.2) is 0 Å². The van der Waals surface area contributed by atoms with E-state index >= 15 is 0 Å². The predicted molar refractivity (Wildman–Crippen MR) is 161 cm³/mol. The maximum atomic E-state index is 13.2. The molecule has 0 saturated carbocycles. The molecular formula is C35H34F2N2O3. The van der Waals surface area contributed by atoms with Crippen molar-refractivity contribution in [3.63, 3.8) is 0 Å². The highest BCUT2D eigenvalue weighted by Gasteiger charge is 2.20. The number of nitrogens with one attached hydrogen (secondary N) is 2. The molecule has 0 saturated heterocycles. The molecule has 4 rings (SSSR count). The van der Waals surface area contributed by atoms with Gasteiger partial charge in [-0.15, -0.1) is 0 Å². The minimum absolute atomic E-state index is 0.0788. The zero-order chi connectivity index (χ0) is 30.1. The van der Waals surface area contributed by atoms with E-state index in [1.165, 1.54) is 24.3 Å². The van der Waals surface area contributed by atoms with E-state index in [1.807, 2.05) is 26.0 Å². The van der Waals surface area contributed by atoms with Crippen LogP contribution >= 0.6 is 0 Å². The van der Waals surface area contributed by atoms with E-state index in [2.05, 4.69) is 10.6 Å². The van der Waals surface area contributed by atoms with Gasteiger partial charge in [-0.05, 0) is 83.6 Å². The summed E-state index contributed by atoms with van der Waals surface area (Å²) in [5.41, 5.74) is 4.23. The lowest BCUT2D eigenvalue weighted by atomic mass is 9.91. The van der Waals surface area contributed by atoms with E-state index in [0.29, 0.717) is 37.1 Å². The van der Waals surface area contributed by atoms with Gasteiger partial charge >= 0.3 is 0 Å². The van der Waals surface area contributed by atoms with E-state index in [0.717, 1.165) is 22.3 Å². The Morgan fingerprint density at radius 1 is 0.571 bits per heavy atom. The van der Waals surface area contributed by atoms with Crippen molar-refractivity contribution in [2.75, 3.05) is 13.1 Å². The minimum atomic E-state index is -0.319. The van der Waals surface area contributed by atoms with Gasteiger partial charge in [0.05, 0.1) is 0 Å². The summed E-state index contributed by atoms with van der Waals surface area (Å²) in [6.45, 7) is 4.39. The molecule has 42 heavy (non-hydrogen) atoms. The molecule has 5 nitrogen and oxygen atoms in total. The highest BCUT2D eigenvalue weighted by molar-refractivity contribution is 5.96. The van der Waals surface area contributed by atoms with Gasteiger partial charge in [-0.2, -0.15) is 0 Å². The number of hydrogen-bond donors (Lipinski definition) is 2. The Morgan fingerprint density at radius 2 is 0.952 bits per heavy atom. The molecule has 2 amide bonds. The van der Waals surface area contributed by atoms with Crippen molar-refractivity contribution in [3.8, 4) is 22.3 Å². The average Bonchev–Trinajstić information content (AvgIpc) is 3.01. The zero-order valence-electron chi connectivity index (χ0n) is 23.7. The van der Waals surface area contributed by atoms with Crippen LogP contribution in [0, 0.1) is 23.5 Å². The van der Waals surface area contributed by atoms with Gasteiger partial charge in [-0.25, -0.2) is 8.78 Å². The first kappa shape index (κ1) is 30.3. The maximum absolute atomic E-state index is 13.2. The van der Waals surface area contributed by atoms with Crippen molar-refractivity contribution < 1.29 is 23.2 Å². The van der Waals surface area contributed by atoms with E-state index in [1.54, 1.807) is 60.7 Å². The zero-order valence-corrected chi connectivity index (χ0v) is 23.7. The Labute approximate surface area is 245 Å². The van der Waals surface area contributed by atoms with Crippen LogP contribution in [0.25, 0.3) is 22.3 Å². The van der Waals surface area contributed by atoms with Gasteiger partial charge in [0.2, 0.25) is 0 Å². The van der Waals surface area contributed by atoms with Crippen LogP contribution in [0.15, 0.2) is 97.1 Å². The lowest BCUT2D eigenvalue weighted by Crippen LogP contribution is -2.30. The molecule has 2 N–H and O–H groups in total. The Morgan fingerprint density at radius 3 is 1.33 bits per heavy atom. The molecule has 0 heterocycles. The van der Waals surface area contributed by atoms with E-state index in [9.17, 15) is 23.2 Å². The first-order valence-electron chi connectivity index (χ1n) is 14.0. The topological polar surface area (TPSA) is 75.3 Å². The number of rotatable bonds is 12. The third-order valence-electron chi connectivity index (χ3n) is 7.30. The molecule has 0 bridgehead atoms. The molecule has 0 aliphatic rings. The molecule has 0 aliphatic heterocycles. The van der Waals surface area contributed by atoms with Crippen LogP contribution in [0.5, 0.6) is 0 Å². The predicted octanol–water partition coefficient (Wildman–Crippen LogP) is 7.08. The normalized spacial score (nSPS) is 12.3. The summed E-state index contributed by atoms with van der Waals surface area (Å²) >= 11 is 0. The highest BCUT2D eigenvalue weighted by atomic mass is 19.1. The first-order chi connectivity index (χ1) is 20.2. The molecule has 0 aromatic heterocycles. The Kier molecular flexibility index (Phi) is 10.3. The summed E-state index contributed by atoms with van der Waals surface area (Å²) in [4.78, 5) is 38.3. The van der Waals surface area contributed by atoms with Crippen LogP contribution < -0.4 is 10.6 Å². The van der Waals surface area contributed by atoms with Crippen LogP contribution in [-0.4, -0.2) is 30.7 Å². The molecule has 0 radical (unpaired) electrons. The quantitative estimate of drug-likeness (QED) is 0.192. The highest BCUT2D eigenvalue weighted by Crippen LogP contribution is 2.22. The van der Waals surface area contributed by atoms with Crippen molar-refractivity contribution in [1.82, 2.24) is 10.6 Å². The Balaban J connectivity index is 1.20. The van der Waals surface area contributed by atoms with Crippen LogP contribution in [-0.2, 0) is 4.79 Å². The van der Waals surface area contributed by atoms with Gasteiger partial charge in [0.1, 0.15) is 17.4 Å². The van der Waals surface area contributed by atoms with Gasteiger partial charge in [0.25, 0.3) is 11.8 Å². The van der Waals surface area contributed by atoms with Crippen LogP contribution in [0.1, 0.15) is 47.4 Å². The van der Waals surface area contributed by atoms with Crippen LogP contribution in [0.2, 0.25) is 0 Å². The number of carbonyl (C=O) groups is 3. The molecule has 2 unspecified atom stereocenters. The summed E-state index contributed by atoms with van der Waals surface area (Å²) in [5, 5.41) is 5.76. The van der Waals surface area contributed by atoms with E-state index < -0.39 is 0 Å². The molecule has 0 spiro atoms. The number of carbonyl (C=O) groups excluding carboxylic acids is 3. The van der Waals surface area contributed by atoms with Crippen LogP contribution in [0.3, 0.4) is 0 Å². The van der Waals surface area contributed by atoms with Gasteiger partial charge in [-0.1, -0.05) is 62.4 Å². The molecule has 0 fully saturated rings. The van der Waals surface area contributed by atoms with Gasteiger partial charge < -0.3 is 10.6 Å². The number of benzene rings is 4. The van der Waals surface area contributed by atoms with Gasteiger partial charge in [0, 0.05) is 36.1 Å². The SMILES string of the molecule is CC(CCNC(=O)c1cccc(-c2ccc(F)cc2)c1)C(=O)C(C)CCNC(=O)c1cccc(-c2ccc(F)cc2)c1. The largest absolute Gasteiger partial charge is 0.352 e. The second-order valence-corrected chi connectivity index (χ2v) is 10.5. The minimum Gasteiger partial charge on any atom is -0.352 e. The maximum Gasteiger partial charge on any atom is 0.251 e. The lowest BCUT2D eigenvalue weighted by molar-refractivity contribution is -0.126. The summed E-state index contributed by atoms with van der Waals surface area (Å²) in [6, 6.07) is 26.4. The monoisotopic (exact) mass is 568 g/mol. The third-order valence-corrected chi connectivity index (χ3v) is 7.30. The summed E-state index contributed by atoms with van der Waals surface area (Å²) in [5.74, 6) is -1.55.